The average Bonchev–Trinajstić information content (AvgIpc) is 3.30. The van der Waals surface area contributed by atoms with Crippen LogP contribution in [0.2, 0.25) is 0 Å². The van der Waals surface area contributed by atoms with E-state index in [1.165, 1.54) is 7.11 Å². The van der Waals surface area contributed by atoms with Gasteiger partial charge in [-0.1, -0.05) is 17.7 Å². The Morgan fingerprint density at radius 2 is 1.92 bits per heavy atom. The van der Waals surface area contributed by atoms with Crippen LogP contribution in [0, 0.1) is 21.8 Å². The summed E-state index contributed by atoms with van der Waals surface area (Å²) in [4.78, 5) is 20.1. The molecule has 3 aromatic carbocycles. The number of anilines is 1. The summed E-state index contributed by atoms with van der Waals surface area (Å²) in [6.07, 6.45) is 1.72. The molecular formula is C27H23IN4O4. The number of rotatable bonds is 8. The fourth-order valence-corrected chi connectivity index (χ4v) is 4.28. The van der Waals surface area contributed by atoms with Gasteiger partial charge < -0.3 is 24.5 Å². The number of ether oxygens (including phenoxy) is 3. The van der Waals surface area contributed by atoms with Crippen LogP contribution in [-0.2, 0) is 4.79 Å². The molecule has 2 N–H and O–H groups in total. The molecule has 0 aliphatic heterocycles. The van der Waals surface area contributed by atoms with Crippen LogP contribution in [-0.4, -0.2) is 36.7 Å². The minimum Gasteiger partial charge on any atom is -0.497 e. The molecule has 8 nitrogen and oxygen atoms in total. The second kappa shape index (κ2) is 11.1. The number of amides is 1. The first kappa shape index (κ1) is 25.1. The summed E-state index contributed by atoms with van der Waals surface area (Å²) in [7, 11) is 3.12. The van der Waals surface area contributed by atoms with Gasteiger partial charge in [0.05, 0.1) is 34.4 Å². The van der Waals surface area contributed by atoms with E-state index in [1.807, 2.05) is 55.5 Å². The Hall–Kier alpha value is -4.04. The third-order valence-corrected chi connectivity index (χ3v) is 6.11. The van der Waals surface area contributed by atoms with Crippen LogP contribution in [0.15, 0.2) is 54.6 Å². The van der Waals surface area contributed by atoms with Gasteiger partial charge >= 0.3 is 0 Å². The van der Waals surface area contributed by atoms with Gasteiger partial charge in [0.25, 0.3) is 5.91 Å². The second-order valence-corrected chi connectivity index (χ2v) is 9.04. The van der Waals surface area contributed by atoms with E-state index < -0.39 is 0 Å². The van der Waals surface area contributed by atoms with Crippen molar-refractivity contribution in [2.24, 2.45) is 0 Å². The molecule has 9 heteroatoms. The number of hydrogen-bond acceptors (Lipinski definition) is 6. The molecule has 0 aliphatic carbocycles. The largest absolute Gasteiger partial charge is 0.497 e. The number of H-pyrrole nitrogens is 1. The lowest BCUT2D eigenvalue weighted by atomic mass is 10.1. The van der Waals surface area contributed by atoms with Crippen LogP contribution in [0.5, 0.6) is 17.2 Å². The second-order valence-electron chi connectivity index (χ2n) is 7.88. The van der Waals surface area contributed by atoms with Crippen molar-refractivity contribution in [3.8, 4) is 23.3 Å². The topological polar surface area (TPSA) is 109 Å². The predicted octanol–water partition coefficient (Wildman–Crippen LogP) is 5.57. The average molecular weight is 594 g/mol. The molecule has 0 fully saturated rings. The molecule has 1 heterocycles. The number of aromatic amines is 1. The molecule has 0 bridgehead atoms. The molecule has 0 unspecified atom stereocenters. The summed E-state index contributed by atoms with van der Waals surface area (Å²) in [5.74, 6) is 1.76. The number of nitrogens with one attached hydrogen (secondary N) is 2. The third kappa shape index (κ3) is 5.78. The van der Waals surface area contributed by atoms with Crippen molar-refractivity contribution in [1.82, 2.24) is 9.97 Å². The van der Waals surface area contributed by atoms with Crippen molar-refractivity contribution in [2.75, 3.05) is 26.1 Å². The number of carbonyl (C=O) groups is 1. The highest BCUT2D eigenvalue weighted by Gasteiger charge is 2.15. The normalized spacial score (nSPS) is 11.1. The molecule has 1 amide bonds. The molecule has 4 rings (SSSR count). The van der Waals surface area contributed by atoms with Gasteiger partial charge in [0.15, 0.2) is 18.1 Å². The van der Waals surface area contributed by atoms with E-state index >= 15 is 0 Å². The molecule has 0 saturated carbocycles. The minimum atomic E-state index is -0.283. The van der Waals surface area contributed by atoms with E-state index in [0.717, 1.165) is 25.7 Å². The van der Waals surface area contributed by atoms with Gasteiger partial charge in [0, 0.05) is 11.8 Å². The van der Waals surface area contributed by atoms with Crippen LogP contribution in [0.25, 0.3) is 22.7 Å². The van der Waals surface area contributed by atoms with Crippen molar-refractivity contribution in [1.29, 1.82) is 5.26 Å². The van der Waals surface area contributed by atoms with Crippen LogP contribution in [0.3, 0.4) is 0 Å². The van der Waals surface area contributed by atoms with E-state index in [0.29, 0.717) is 34.3 Å². The fraction of sp³-hybridized carbons (Fsp3) is 0.148. The molecule has 0 saturated heterocycles. The smallest absolute Gasteiger partial charge is 0.262 e. The van der Waals surface area contributed by atoms with Crippen LogP contribution in [0.1, 0.15) is 17.0 Å². The zero-order chi connectivity index (χ0) is 25.7. The first-order chi connectivity index (χ1) is 17.4. The van der Waals surface area contributed by atoms with Crippen LogP contribution < -0.4 is 19.5 Å². The highest BCUT2D eigenvalue weighted by molar-refractivity contribution is 14.1. The summed E-state index contributed by atoms with van der Waals surface area (Å²) in [6.45, 7) is 1.80. The van der Waals surface area contributed by atoms with Crippen molar-refractivity contribution in [3.05, 3.63) is 75.1 Å². The Kier molecular flexibility index (Phi) is 7.75. The molecule has 1 aromatic heterocycles. The van der Waals surface area contributed by atoms with Gasteiger partial charge in [0.2, 0.25) is 0 Å². The molecule has 36 heavy (non-hydrogen) atoms. The Bertz CT molecular complexity index is 1490. The number of nitrogens with zero attached hydrogens (tertiary/aromatic N) is 2. The number of carbonyl (C=O) groups excluding carboxylic acids is 1. The van der Waals surface area contributed by atoms with Gasteiger partial charge in [-0.2, -0.15) is 5.26 Å². The summed E-state index contributed by atoms with van der Waals surface area (Å²) >= 11 is 2.12. The van der Waals surface area contributed by atoms with Crippen molar-refractivity contribution >= 4 is 56.9 Å². The highest BCUT2D eigenvalue weighted by atomic mass is 127. The van der Waals surface area contributed by atoms with Crippen molar-refractivity contribution in [3.63, 3.8) is 0 Å². The SMILES string of the molecule is COc1ccc2nc(/C(C#N)=C\c3cc(I)c(OCC(=O)Nc4ccc(C)cc4)c(OC)c3)[nH]c2c1. The van der Waals surface area contributed by atoms with Gasteiger partial charge in [0.1, 0.15) is 17.6 Å². The number of allylic oxidation sites excluding steroid dienone is 1. The fourth-order valence-electron chi connectivity index (χ4n) is 3.50. The number of aryl methyl sites for hydroxylation is 1. The summed E-state index contributed by atoms with van der Waals surface area (Å²) < 4.78 is 17.3. The number of halogens is 1. The van der Waals surface area contributed by atoms with Crippen LogP contribution >= 0.6 is 22.6 Å². The van der Waals surface area contributed by atoms with Gasteiger partial charge in [-0.15, -0.1) is 0 Å². The molecule has 0 radical (unpaired) electrons. The Morgan fingerprint density at radius 1 is 1.14 bits per heavy atom. The predicted molar refractivity (Wildman–Crippen MR) is 147 cm³/mol. The summed E-state index contributed by atoms with van der Waals surface area (Å²) in [5, 5.41) is 12.6. The Labute approximate surface area is 222 Å². The lowest BCUT2D eigenvalue weighted by molar-refractivity contribution is -0.118. The quantitative estimate of drug-likeness (QED) is 0.204. The number of imidazole rings is 1. The van der Waals surface area contributed by atoms with Crippen LogP contribution in [0.4, 0.5) is 5.69 Å². The molecule has 0 spiro atoms. The maximum absolute atomic E-state index is 12.4. The summed E-state index contributed by atoms with van der Waals surface area (Å²) in [6, 6.07) is 18.8. The summed E-state index contributed by atoms with van der Waals surface area (Å²) in [5.41, 5.74) is 4.38. The maximum Gasteiger partial charge on any atom is 0.262 e. The van der Waals surface area contributed by atoms with E-state index in [2.05, 4.69) is 43.9 Å². The maximum atomic E-state index is 12.4. The van der Waals surface area contributed by atoms with E-state index in [9.17, 15) is 10.1 Å². The first-order valence-electron chi connectivity index (χ1n) is 10.9. The van der Waals surface area contributed by atoms with Gasteiger partial charge in [-0.3, -0.25) is 4.79 Å². The molecule has 0 aliphatic rings. The zero-order valence-corrected chi connectivity index (χ0v) is 22.0. The third-order valence-electron chi connectivity index (χ3n) is 5.31. The molecule has 4 aromatic rings. The number of hydrogen-bond donors (Lipinski definition) is 2. The van der Waals surface area contributed by atoms with Gasteiger partial charge in [-0.05, 0) is 77.6 Å². The van der Waals surface area contributed by atoms with Gasteiger partial charge in [-0.25, -0.2) is 4.98 Å². The van der Waals surface area contributed by atoms with E-state index in [-0.39, 0.29) is 12.5 Å². The Morgan fingerprint density at radius 3 is 2.61 bits per heavy atom. The first-order valence-corrected chi connectivity index (χ1v) is 12.0. The standard InChI is InChI=1S/C27H23IN4O4/c1-16-4-6-19(7-5-16)30-25(33)15-36-26-21(28)11-17(12-24(26)35-3)10-18(14-29)27-31-22-9-8-20(34-2)13-23(22)32-27/h4-13H,15H2,1-3H3,(H,30,33)(H,31,32)/b18-10-. The highest BCUT2D eigenvalue weighted by Crippen LogP contribution is 2.35. The number of fused-ring (bicyclic) bond motifs is 1. The van der Waals surface area contributed by atoms with E-state index in [1.54, 1.807) is 19.3 Å². The Balaban J connectivity index is 1.54. The van der Waals surface area contributed by atoms with Crippen molar-refractivity contribution in [2.45, 2.75) is 6.92 Å². The lowest BCUT2D eigenvalue weighted by Crippen LogP contribution is -2.20. The van der Waals surface area contributed by atoms with Crippen molar-refractivity contribution < 1.29 is 19.0 Å². The number of methoxy groups -OCH3 is 2. The number of nitriles is 1. The minimum absolute atomic E-state index is 0.179. The number of benzene rings is 3. The monoisotopic (exact) mass is 594 g/mol. The molecule has 182 valence electrons. The number of aromatic nitrogens is 2. The molecule has 0 atom stereocenters. The molecular weight excluding hydrogens is 571 g/mol. The lowest BCUT2D eigenvalue weighted by Gasteiger charge is -2.14. The zero-order valence-electron chi connectivity index (χ0n) is 19.9. The van der Waals surface area contributed by atoms with E-state index in [4.69, 9.17) is 14.2 Å².